The molecule has 3 N–H and O–H groups in total. The van der Waals surface area contributed by atoms with Crippen LogP contribution in [0.2, 0.25) is 0 Å². The van der Waals surface area contributed by atoms with Gasteiger partial charge in [-0.25, -0.2) is 4.39 Å². The van der Waals surface area contributed by atoms with E-state index in [1.54, 1.807) is 36.1 Å². The Morgan fingerprint density at radius 1 is 1.25 bits per heavy atom. The average molecular weight is 435 g/mol. The van der Waals surface area contributed by atoms with Crippen LogP contribution in [0.25, 0.3) is 10.9 Å². The number of rotatable bonds is 5. The Morgan fingerprint density at radius 3 is 2.72 bits per heavy atom. The number of amides is 3. The number of hydrogen-bond acceptors (Lipinski definition) is 4. The van der Waals surface area contributed by atoms with E-state index in [0.29, 0.717) is 22.3 Å². The minimum absolute atomic E-state index is 0.0558. The first-order chi connectivity index (χ1) is 15.4. The third-order valence-corrected chi connectivity index (χ3v) is 5.50. The van der Waals surface area contributed by atoms with E-state index < -0.39 is 5.92 Å². The Kier molecular flexibility index (Phi) is 5.72. The molecule has 0 bridgehead atoms. The number of halogens is 1. The van der Waals surface area contributed by atoms with Crippen LogP contribution in [-0.4, -0.2) is 34.5 Å². The fourth-order valence-electron chi connectivity index (χ4n) is 3.74. The number of hydrogen-bond donors (Lipinski definition) is 3. The van der Waals surface area contributed by atoms with Crippen molar-refractivity contribution in [2.24, 2.45) is 0 Å². The van der Waals surface area contributed by atoms with Crippen molar-refractivity contribution >= 4 is 34.3 Å². The first-order valence-electron chi connectivity index (χ1n) is 10.1. The fourth-order valence-corrected chi connectivity index (χ4v) is 3.74. The Morgan fingerprint density at radius 2 is 2.00 bits per heavy atom. The summed E-state index contributed by atoms with van der Waals surface area (Å²) in [6, 6.07) is 9.43. The van der Waals surface area contributed by atoms with Gasteiger partial charge in [0, 0.05) is 42.2 Å². The summed E-state index contributed by atoms with van der Waals surface area (Å²) in [6.07, 6.45) is 3.15. The number of nitrogens with one attached hydrogen (secondary N) is 3. The van der Waals surface area contributed by atoms with Crippen molar-refractivity contribution in [2.75, 3.05) is 12.4 Å². The topological polar surface area (TPSA) is 105 Å². The van der Waals surface area contributed by atoms with E-state index in [1.165, 1.54) is 18.3 Å². The molecule has 0 fully saturated rings. The Hall–Kier alpha value is -4.01. The van der Waals surface area contributed by atoms with Crippen LogP contribution < -0.4 is 16.0 Å². The maximum absolute atomic E-state index is 13.3. The molecule has 0 aliphatic carbocycles. The number of nitrogens with zero attached hydrogens (tertiary/aromatic N) is 2. The molecule has 32 heavy (non-hydrogen) atoms. The van der Waals surface area contributed by atoms with Crippen molar-refractivity contribution in [2.45, 2.75) is 25.8 Å². The predicted molar refractivity (Wildman–Crippen MR) is 117 cm³/mol. The monoisotopic (exact) mass is 435 g/mol. The van der Waals surface area contributed by atoms with Crippen LogP contribution in [0, 0.1) is 12.7 Å². The Bertz CT molecular complexity index is 1250. The van der Waals surface area contributed by atoms with Gasteiger partial charge >= 0.3 is 0 Å². The van der Waals surface area contributed by atoms with Crippen molar-refractivity contribution in [1.29, 1.82) is 0 Å². The van der Waals surface area contributed by atoms with Crippen LogP contribution in [0.4, 0.5) is 10.1 Å². The van der Waals surface area contributed by atoms with Crippen molar-refractivity contribution in [1.82, 2.24) is 20.4 Å². The minimum atomic E-state index is -0.493. The zero-order chi connectivity index (χ0) is 22.8. The molecule has 1 aliphatic heterocycles. The average Bonchev–Trinajstić information content (AvgIpc) is 3.15. The summed E-state index contributed by atoms with van der Waals surface area (Å²) in [4.78, 5) is 36.9. The van der Waals surface area contributed by atoms with E-state index in [1.807, 2.05) is 13.0 Å². The molecule has 4 rings (SSSR count). The lowest BCUT2D eigenvalue weighted by Gasteiger charge is -2.24. The van der Waals surface area contributed by atoms with E-state index in [4.69, 9.17) is 0 Å². The molecule has 0 radical (unpaired) electrons. The number of aromatic nitrogens is 2. The second kappa shape index (κ2) is 8.62. The van der Waals surface area contributed by atoms with Gasteiger partial charge in [-0.1, -0.05) is 12.1 Å². The van der Waals surface area contributed by atoms with Crippen molar-refractivity contribution in [3.05, 3.63) is 71.3 Å². The van der Waals surface area contributed by atoms with Gasteiger partial charge in [-0.15, -0.1) is 0 Å². The first kappa shape index (κ1) is 21.2. The van der Waals surface area contributed by atoms with Crippen molar-refractivity contribution < 1.29 is 18.8 Å². The molecule has 0 spiro atoms. The molecular formula is C23H22FN5O3. The number of anilines is 1. The van der Waals surface area contributed by atoms with Gasteiger partial charge in [-0.05, 0) is 42.3 Å². The van der Waals surface area contributed by atoms with Crippen LogP contribution in [0.15, 0.2) is 54.4 Å². The number of carbonyl (C=O) groups is 3. The quantitative estimate of drug-likeness (QED) is 0.572. The van der Waals surface area contributed by atoms with Gasteiger partial charge in [0.15, 0.2) is 0 Å². The molecule has 164 valence electrons. The standard InChI is InChI=1S/C23H22FN5O3/c1-13-7-15-10-27-29(12-22(31)25-2)20(15)9-19(13)28-23(32)18-11-26-21(30)8-17(18)14-3-5-16(24)6-4-14/h3-7,9-11,17H,8,12H2,1-2H3,(H,25,31)(H,26,30)(H,28,32). The number of aryl methyl sites for hydroxylation is 1. The van der Waals surface area contributed by atoms with E-state index in [9.17, 15) is 18.8 Å². The van der Waals surface area contributed by atoms with Gasteiger partial charge in [0.1, 0.15) is 12.4 Å². The molecule has 1 unspecified atom stereocenters. The van der Waals surface area contributed by atoms with Gasteiger partial charge in [0.05, 0.1) is 11.7 Å². The summed E-state index contributed by atoms with van der Waals surface area (Å²) in [7, 11) is 1.55. The summed E-state index contributed by atoms with van der Waals surface area (Å²) < 4.78 is 14.9. The molecule has 2 heterocycles. The van der Waals surface area contributed by atoms with Crippen LogP contribution in [0.3, 0.4) is 0 Å². The lowest BCUT2D eigenvalue weighted by molar-refractivity contribution is -0.122. The molecule has 1 aliphatic rings. The van der Waals surface area contributed by atoms with Crippen LogP contribution >= 0.6 is 0 Å². The molecule has 3 amide bonds. The van der Waals surface area contributed by atoms with E-state index in [2.05, 4.69) is 21.0 Å². The lowest BCUT2D eigenvalue weighted by Crippen LogP contribution is -2.32. The summed E-state index contributed by atoms with van der Waals surface area (Å²) in [5.41, 5.74) is 3.14. The summed E-state index contributed by atoms with van der Waals surface area (Å²) in [6.45, 7) is 1.92. The second-order valence-electron chi connectivity index (χ2n) is 7.63. The molecule has 1 aromatic heterocycles. The summed E-state index contributed by atoms with van der Waals surface area (Å²) >= 11 is 0. The summed E-state index contributed by atoms with van der Waals surface area (Å²) in [5, 5.41) is 13.2. The van der Waals surface area contributed by atoms with Crippen LogP contribution in [0.5, 0.6) is 0 Å². The van der Waals surface area contributed by atoms with E-state index >= 15 is 0 Å². The first-order valence-corrected chi connectivity index (χ1v) is 10.1. The fraction of sp³-hybridized carbons (Fsp3) is 0.217. The highest BCUT2D eigenvalue weighted by atomic mass is 19.1. The van der Waals surface area contributed by atoms with Gasteiger partial charge < -0.3 is 16.0 Å². The lowest BCUT2D eigenvalue weighted by atomic mass is 9.86. The summed E-state index contributed by atoms with van der Waals surface area (Å²) in [5.74, 6) is -1.66. The Balaban J connectivity index is 1.63. The largest absolute Gasteiger partial charge is 0.358 e. The SMILES string of the molecule is CNC(=O)Cn1ncc2cc(C)c(NC(=O)C3=CNC(=O)CC3c3ccc(F)cc3)cc21. The number of likely N-dealkylation sites (N-methyl/N-ethyl adjacent to an activating group) is 1. The van der Waals surface area contributed by atoms with E-state index in [-0.39, 0.29) is 36.5 Å². The van der Waals surface area contributed by atoms with E-state index in [0.717, 1.165) is 10.9 Å². The molecule has 9 heteroatoms. The minimum Gasteiger partial charge on any atom is -0.358 e. The molecular weight excluding hydrogens is 413 g/mol. The molecule has 8 nitrogen and oxygen atoms in total. The molecule has 0 saturated heterocycles. The normalized spacial score (nSPS) is 15.8. The van der Waals surface area contributed by atoms with Crippen LogP contribution in [-0.2, 0) is 20.9 Å². The van der Waals surface area contributed by atoms with Gasteiger partial charge in [0.25, 0.3) is 5.91 Å². The number of fused-ring (bicyclic) bond motifs is 1. The molecule has 1 atom stereocenters. The molecule has 0 saturated carbocycles. The highest BCUT2D eigenvalue weighted by Crippen LogP contribution is 2.32. The van der Waals surface area contributed by atoms with Crippen molar-refractivity contribution in [3.8, 4) is 0 Å². The van der Waals surface area contributed by atoms with Crippen molar-refractivity contribution in [3.63, 3.8) is 0 Å². The maximum atomic E-state index is 13.3. The highest BCUT2D eigenvalue weighted by molar-refractivity contribution is 6.07. The number of benzene rings is 2. The predicted octanol–water partition coefficient (Wildman–Crippen LogP) is 2.36. The van der Waals surface area contributed by atoms with Gasteiger partial charge in [-0.2, -0.15) is 5.10 Å². The number of carbonyl (C=O) groups excluding carboxylic acids is 3. The zero-order valence-corrected chi connectivity index (χ0v) is 17.6. The zero-order valence-electron chi connectivity index (χ0n) is 17.6. The third kappa shape index (κ3) is 4.22. The molecule has 2 aromatic carbocycles. The Labute approximate surface area is 183 Å². The smallest absolute Gasteiger partial charge is 0.253 e. The molecule has 3 aromatic rings. The third-order valence-electron chi connectivity index (χ3n) is 5.50. The van der Waals surface area contributed by atoms with Gasteiger partial charge in [0.2, 0.25) is 11.8 Å². The second-order valence-corrected chi connectivity index (χ2v) is 7.63. The maximum Gasteiger partial charge on any atom is 0.253 e. The van der Waals surface area contributed by atoms with Gasteiger partial charge in [-0.3, -0.25) is 19.1 Å². The van der Waals surface area contributed by atoms with Crippen LogP contribution in [0.1, 0.15) is 23.5 Å². The highest BCUT2D eigenvalue weighted by Gasteiger charge is 2.29.